The number of rotatable bonds is 7. The van der Waals surface area contributed by atoms with Crippen molar-refractivity contribution in [2.24, 2.45) is 5.73 Å². The molecule has 2 aromatic carbocycles. The first-order valence-corrected chi connectivity index (χ1v) is 13.5. The van der Waals surface area contributed by atoms with Crippen molar-refractivity contribution in [3.05, 3.63) is 66.1 Å². The summed E-state index contributed by atoms with van der Waals surface area (Å²) in [4.78, 5) is 27.8. The number of aryl methyl sites for hydroxylation is 1. The van der Waals surface area contributed by atoms with Gasteiger partial charge in [-0.05, 0) is 43.8 Å². The molecule has 12 nitrogen and oxygen atoms in total. The molecule has 0 spiro atoms. The summed E-state index contributed by atoms with van der Waals surface area (Å²) in [6.07, 6.45) is 1.57. The van der Waals surface area contributed by atoms with Gasteiger partial charge in [0, 0.05) is 51.2 Å². The van der Waals surface area contributed by atoms with Crippen LogP contribution in [-0.4, -0.2) is 83.4 Å². The Kier molecular flexibility index (Phi) is 6.73. The fourth-order valence-electron chi connectivity index (χ4n) is 4.42. The van der Waals surface area contributed by atoms with Gasteiger partial charge in [-0.1, -0.05) is 18.2 Å². The number of carbonyl (C=O) groups excluding carboxylic acids is 1. The first-order valence-electron chi connectivity index (χ1n) is 12.1. The van der Waals surface area contributed by atoms with Gasteiger partial charge in [-0.15, -0.1) is 0 Å². The second kappa shape index (κ2) is 10.0. The van der Waals surface area contributed by atoms with Gasteiger partial charge in [-0.25, -0.2) is 23.1 Å². The summed E-state index contributed by atoms with van der Waals surface area (Å²) in [5, 5.41) is 4.76. The highest BCUT2D eigenvalue weighted by atomic mass is 32.2. The number of anilines is 3. The first kappa shape index (κ1) is 25.6. The Morgan fingerprint density at radius 2 is 1.79 bits per heavy atom. The molecule has 0 saturated carbocycles. The number of imidazole rings is 1. The predicted molar refractivity (Wildman–Crippen MR) is 145 cm³/mol. The molecule has 2 aromatic heterocycles. The maximum Gasteiger partial charge on any atom is 0.286 e. The molecule has 0 aliphatic carbocycles. The van der Waals surface area contributed by atoms with Crippen molar-refractivity contribution in [2.45, 2.75) is 11.8 Å². The predicted octanol–water partition coefficient (Wildman–Crippen LogP) is 1.81. The van der Waals surface area contributed by atoms with Crippen molar-refractivity contribution in [3.8, 4) is 0 Å². The average Bonchev–Trinajstić information content (AvgIpc) is 3.30. The number of nitrogens with zero attached hydrogens (tertiary/aromatic N) is 7. The highest BCUT2D eigenvalue weighted by molar-refractivity contribution is 7.89. The Morgan fingerprint density at radius 3 is 2.53 bits per heavy atom. The van der Waals surface area contributed by atoms with E-state index in [-0.39, 0.29) is 16.7 Å². The van der Waals surface area contributed by atoms with Crippen LogP contribution < -0.4 is 16.1 Å². The lowest BCUT2D eigenvalue weighted by molar-refractivity contribution is 0.0987. The van der Waals surface area contributed by atoms with Crippen molar-refractivity contribution < 1.29 is 13.2 Å². The number of sulfonamides is 1. The van der Waals surface area contributed by atoms with Crippen LogP contribution in [0.2, 0.25) is 0 Å². The van der Waals surface area contributed by atoms with Gasteiger partial charge in [0.25, 0.3) is 5.91 Å². The molecule has 0 atom stereocenters. The first-order chi connectivity index (χ1) is 18.1. The number of hydrogen-bond acceptors (Lipinski definition) is 9. The maximum atomic E-state index is 13.2. The quantitative estimate of drug-likeness (QED) is 0.362. The fraction of sp³-hybridized carbons (Fsp3) is 0.280. The third-order valence-electron chi connectivity index (χ3n) is 6.55. The third-order valence-corrected chi connectivity index (χ3v) is 8.44. The fourth-order valence-corrected chi connectivity index (χ4v) is 5.89. The van der Waals surface area contributed by atoms with E-state index in [1.54, 1.807) is 53.3 Å². The van der Waals surface area contributed by atoms with E-state index in [1.165, 1.54) is 4.31 Å². The summed E-state index contributed by atoms with van der Waals surface area (Å²) in [7, 11) is 0.0934. The molecule has 38 heavy (non-hydrogen) atoms. The lowest BCUT2D eigenvalue weighted by Crippen LogP contribution is -2.47. The zero-order chi connectivity index (χ0) is 27.0. The third kappa shape index (κ3) is 4.78. The topological polar surface area (TPSA) is 143 Å². The molecule has 0 radical (unpaired) electrons. The number of fused-ring (bicyclic) bond motifs is 1. The van der Waals surface area contributed by atoms with Crippen LogP contribution in [0.25, 0.3) is 11.0 Å². The highest BCUT2D eigenvalue weighted by Crippen LogP contribution is 2.25. The van der Waals surface area contributed by atoms with Crippen LogP contribution >= 0.6 is 0 Å². The molecule has 1 aliphatic rings. The normalized spacial score (nSPS) is 15.0. The number of likely N-dealkylation sites (N-methyl/N-ethyl adjacent to an activating group) is 1. The molecule has 0 bridgehead atoms. The van der Waals surface area contributed by atoms with E-state index < -0.39 is 15.9 Å². The molecule has 13 heteroatoms. The van der Waals surface area contributed by atoms with E-state index in [0.29, 0.717) is 48.7 Å². The Balaban J connectivity index is 1.43. The number of piperazine rings is 1. The molecule has 1 saturated heterocycles. The lowest BCUT2D eigenvalue weighted by atomic mass is 10.2. The Labute approximate surface area is 220 Å². The van der Waals surface area contributed by atoms with Crippen LogP contribution in [0.15, 0.2) is 59.6 Å². The molecule has 198 valence electrons. The van der Waals surface area contributed by atoms with Gasteiger partial charge >= 0.3 is 0 Å². The van der Waals surface area contributed by atoms with Crippen LogP contribution in [0.4, 0.5) is 17.5 Å². The molecule has 5 rings (SSSR count). The summed E-state index contributed by atoms with van der Waals surface area (Å²) in [5.41, 5.74) is 8.45. The van der Waals surface area contributed by atoms with Crippen LogP contribution in [-0.2, 0) is 10.0 Å². The van der Waals surface area contributed by atoms with Crippen LogP contribution in [0, 0.1) is 6.92 Å². The van der Waals surface area contributed by atoms with Crippen LogP contribution in [0.5, 0.6) is 0 Å². The molecule has 1 fully saturated rings. The molecule has 3 heterocycles. The van der Waals surface area contributed by atoms with Crippen LogP contribution in [0.1, 0.15) is 16.2 Å². The average molecular weight is 536 g/mol. The van der Waals surface area contributed by atoms with Crippen molar-refractivity contribution >= 4 is 44.4 Å². The van der Waals surface area contributed by atoms with Gasteiger partial charge < -0.3 is 16.0 Å². The second-order valence-electron chi connectivity index (χ2n) is 9.18. The molecule has 0 unspecified atom stereocenters. The zero-order valence-corrected chi connectivity index (χ0v) is 22.2. The number of carbonyl (C=O) groups is 1. The Hall–Kier alpha value is -4.07. The molecule has 3 N–H and O–H groups in total. The van der Waals surface area contributed by atoms with E-state index in [9.17, 15) is 13.2 Å². The van der Waals surface area contributed by atoms with Crippen molar-refractivity contribution in [1.29, 1.82) is 0 Å². The summed E-state index contributed by atoms with van der Waals surface area (Å²) < 4.78 is 29.5. The number of benzene rings is 2. The molecular weight excluding hydrogens is 506 g/mol. The number of para-hydroxylation sites is 1. The number of nitrogens with two attached hydrogens (primary N) is 1. The van der Waals surface area contributed by atoms with Gasteiger partial charge in [0.05, 0.1) is 15.9 Å². The summed E-state index contributed by atoms with van der Waals surface area (Å²) >= 11 is 0. The number of aromatic nitrogens is 4. The standard InChI is InChI=1S/C25H29N9O3S/c1-17-6-4-9-20-22(17)30-24(23(26)35)34(20)32(3)21-10-11-27-25(29-21)28-18-7-5-8-19(16-18)38(36,37)33-14-12-31(2)13-15-33/h4-11,16H,12-15H2,1-3H3,(H2,26,35)(H,27,28,29). The number of primary amides is 1. The lowest BCUT2D eigenvalue weighted by Gasteiger charge is -2.31. The Morgan fingerprint density at radius 1 is 1.05 bits per heavy atom. The summed E-state index contributed by atoms with van der Waals surface area (Å²) in [6.45, 7) is 4.19. The van der Waals surface area contributed by atoms with E-state index >= 15 is 0 Å². The van der Waals surface area contributed by atoms with E-state index in [2.05, 4.69) is 25.2 Å². The summed E-state index contributed by atoms with van der Waals surface area (Å²) in [5.74, 6) is 0.127. The number of nitrogens with one attached hydrogen (secondary N) is 1. The zero-order valence-electron chi connectivity index (χ0n) is 21.4. The van der Waals surface area contributed by atoms with Crippen molar-refractivity contribution in [3.63, 3.8) is 0 Å². The van der Waals surface area contributed by atoms with E-state index in [4.69, 9.17) is 5.73 Å². The largest absolute Gasteiger partial charge is 0.363 e. The van der Waals surface area contributed by atoms with Crippen molar-refractivity contribution in [2.75, 3.05) is 50.6 Å². The Bertz CT molecular complexity index is 1610. The monoisotopic (exact) mass is 535 g/mol. The van der Waals surface area contributed by atoms with Gasteiger partial charge in [-0.3, -0.25) is 9.80 Å². The van der Waals surface area contributed by atoms with E-state index in [0.717, 1.165) is 5.56 Å². The van der Waals surface area contributed by atoms with Gasteiger partial charge in [-0.2, -0.15) is 9.29 Å². The van der Waals surface area contributed by atoms with Gasteiger partial charge in [0.2, 0.25) is 21.8 Å². The smallest absolute Gasteiger partial charge is 0.286 e. The van der Waals surface area contributed by atoms with E-state index in [1.807, 2.05) is 32.2 Å². The molecule has 4 aromatic rings. The van der Waals surface area contributed by atoms with Gasteiger partial charge in [0.15, 0.2) is 5.82 Å². The highest BCUT2D eigenvalue weighted by Gasteiger charge is 2.27. The SMILES string of the molecule is Cc1cccc2c1nc(C(N)=O)n2N(C)c1ccnc(Nc2cccc(S(=O)(=O)N3CCN(C)CC3)c2)n1. The minimum Gasteiger partial charge on any atom is -0.363 e. The number of amides is 1. The van der Waals surface area contributed by atoms with Gasteiger partial charge in [0.1, 0.15) is 0 Å². The summed E-state index contributed by atoms with van der Waals surface area (Å²) in [6, 6.07) is 13.9. The minimum atomic E-state index is -3.63. The minimum absolute atomic E-state index is 0.0757. The maximum absolute atomic E-state index is 13.2. The molecular formula is C25H29N9O3S. The van der Waals surface area contributed by atoms with Crippen LogP contribution in [0.3, 0.4) is 0 Å². The van der Waals surface area contributed by atoms with Crippen molar-refractivity contribution in [1.82, 2.24) is 28.8 Å². The molecule has 1 amide bonds. The number of hydrogen-bond donors (Lipinski definition) is 2. The second-order valence-corrected chi connectivity index (χ2v) is 11.1. The molecule has 1 aliphatic heterocycles.